The number of carboxylic acids is 1. The van der Waals surface area contributed by atoms with Crippen molar-refractivity contribution in [3.8, 4) is 0 Å². The molecule has 0 rings (SSSR count). The second-order valence-electron chi connectivity index (χ2n) is 7.13. The van der Waals surface area contributed by atoms with E-state index in [1.165, 1.54) is 6.92 Å². The Labute approximate surface area is 187 Å². The minimum atomic E-state index is -1.71. The smallest absolute Gasteiger partial charge is 0.326 e. The molecule has 16 heteroatoms. The number of aliphatic carboxylic acids is 1. The van der Waals surface area contributed by atoms with Crippen molar-refractivity contribution in [2.45, 2.75) is 62.9 Å². The summed E-state index contributed by atoms with van der Waals surface area (Å²) in [7, 11) is 0. The predicted molar refractivity (Wildman–Crippen MR) is 109 cm³/mol. The lowest BCUT2D eigenvalue weighted by atomic mass is 10.1. The van der Waals surface area contributed by atoms with Crippen molar-refractivity contribution in [1.29, 1.82) is 0 Å². The number of carbonyl (C=O) groups excluding carboxylic acids is 6. The van der Waals surface area contributed by atoms with E-state index in [0.717, 1.165) is 0 Å². The molecule has 33 heavy (non-hydrogen) atoms. The maximum Gasteiger partial charge on any atom is 0.326 e. The molecule has 5 atom stereocenters. The van der Waals surface area contributed by atoms with Crippen LogP contribution in [0.1, 0.15) is 32.6 Å². The molecule has 0 bridgehead atoms. The Balaban J connectivity index is 5.56. The van der Waals surface area contributed by atoms with E-state index in [0.29, 0.717) is 0 Å². The molecule has 5 unspecified atom stereocenters. The highest BCUT2D eigenvalue weighted by molar-refractivity contribution is 5.97. The number of nitrogens with two attached hydrogens (primary N) is 4. The van der Waals surface area contributed by atoms with Crippen molar-refractivity contribution in [3.05, 3.63) is 0 Å². The maximum atomic E-state index is 12.6. The van der Waals surface area contributed by atoms with Gasteiger partial charge in [0.1, 0.15) is 24.2 Å². The first-order chi connectivity index (χ1) is 15.1. The van der Waals surface area contributed by atoms with Crippen LogP contribution in [0.25, 0.3) is 0 Å². The average Bonchev–Trinajstić information content (AvgIpc) is 2.67. The van der Waals surface area contributed by atoms with Crippen LogP contribution in [0, 0.1) is 0 Å². The minimum Gasteiger partial charge on any atom is -0.480 e. The Hall–Kier alpha value is -3.79. The number of amides is 6. The lowest BCUT2D eigenvalue weighted by Crippen LogP contribution is -2.59. The highest BCUT2D eigenvalue weighted by Crippen LogP contribution is 2.03. The summed E-state index contributed by atoms with van der Waals surface area (Å²) in [5, 5.41) is 24.8. The van der Waals surface area contributed by atoms with E-state index in [1.54, 1.807) is 0 Å². The molecule has 186 valence electrons. The van der Waals surface area contributed by atoms with Crippen LogP contribution < -0.4 is 38.9 Å². The van der Waals surface area contributed by atoms with Gasteiger partial charge in [0.2, 0.25) is 35.4 Å². The number of primary amides is 3. The van der Waals surface area contributed by atoms with E-state index in [4.69, 9.17) is 22.9 Å². The summed E-state index contributed by atoms with van der Waals surface area (Å²) in [5.74, 6) is -7.72. The van der Waals surface area contributed by atoms with Crippen molar-refractivity contribution in [1.82, 2.24) is 16.0 Å². The number of hydrogen-bond acceptors (Lipinski definition) is 9. The van der Waals surface area contributed by atoms with Crippen molar-refractivity contribution >= 4 is 41.4 Å². The summed E-state index contributed by atoms with van der Waals surface area (Å²) >= 11 is 0. The number of carbonyl (C=O) groups is 7. The molecule has 0 aromatic carbocycles. The molecular formula is C17H29N7O9. The Kier molecular flexibility index (Phi) is 12.0. The SMILES string of the molecule is CC(O)C(N)C(=O)NC(CC(N)=O)C(=O)NC(CC(N)=O)C(=O)NC(CCC(N)=O)C(=O)O. The summed E-state index contributed by atoms with van der Waals surface area (Å²) in [6.07, 6.45) is -3.55. The largest absolute Gasteiger partial charge is 0.480 e. The molecule has 0 aromatic heterocycles. The number of hydrogen-bond donors (Lipinski definition) is 9. The molecule has 0 aliphatic carbocycles. The standard InChI is InChI=1S/C17H29N7O9/c1-6(25)13(21)16(31)24-9(5-12(20)28)15(30)23-8(4-11(19)27)14(29)22-7(17(32)33)2-3-10(18)26/h6-9,13,25H,2-5,21H2,1H3,(H2,18,26)(H2,19,27)(H2,20,28)(H,22,29)(H,23,30)(H,24,31)(H,32,33). The van der Waals surface area contributed by atoms with Crippen LogP contribution in [-0.2, 0) is 33.6 Å². The quantitative estimate of drug-likeness (QED) is 0.108. The molecule has 0 saturated heterocycles. The van der Waals surface area contributed by atoms with E-state index in [2.05, 4.69) is 10.6 Å². The number of aliphatic hydroxyl groups is 1. The molecule has 16 nitrogen and oxygen atoms in total. The van der Waals surface area contributed by atoms with Gasteiger partial charge >= 0.3 is 5.97 Å². The van der Waals surface area contributed by atoms with Gasteiger partial charge in [-0.2, -0.15) is 0 Å². The fourth-order valence-corrected chi connectivity index (χ4v) is 2.40. The lowest BCUT2D eigenvalue weighted by molar-refractivity contribution is -0.143. The minimum absolute atomic E-state index is 0.370. The highest BCUT2D eigenvalue weighted by atomic mass is 16.4. The normalized spacial score (nSPS) is 15.1. The third kappa shape index (κ3) is 11.4. The number of rotatable bonds is 15. The van der Waals surface area contributed by atoms with Crippen LogP contribution in [0.2, 0.25) is 0 Å². The molecule has 0 heterocycles. The van der Waals surface area contributed by atoms with Gasteiger partial charge in [-0.25, -0.2) is 4.79 Å². The maximum absolute atomic E-state index is 12.6. The summed E-state index contributed by atoms with van der Waals surface area (Å²) in [6, 6.07) is -6.39. The Morgan fingerprint density at radius 1 is 0.727 bits per heavy atom. The second kappa shape index (κ2) is 13.6. The first kappa shape index (κ1) is 29.2. The van der Waals surface area contributed by atoms with Crippen LogP contribution in [-0.4, -0.2) is 81.9 Å². The molecule has 6 amide bonds. The molecular weight excluding hydrogens is 446 g/mol. The van der Waals surface area contributed by atoms with Crippen LogP contribution in [0.4, 0.5) is 0 Å². The van der Waals surface area contributed by atoms with Gasteiger partial charge in [-0.15, -0.1) is 0 Å². The molecule has 0 fully saturated rings. The van der Waals surface area contributed by atoms with Crippen LogP contribution >= 0.6 is 0 Å². The van der Waals surface area contributed by atoms with Gasteiger partial charge in [0.15, 0.2) is 0 Å². The van der Waals surface area contributed by atoms with Gasteiger partial charge in [-0.1, -0.05) is 0 Å². The van der Waals surface area contributed by atoms with Crippen molar-refractivity contribution in [2.75, 3.05) is 0 Å². The zero-order valence-electron chi connectivity index (χ0n) is 17.8. The van der Waals surface area contributed by atoms with Gasteiger partial charge < -0.3 is 49.1 Å². The average molecular weight is 475 g/mol. The van der Waals surface area contributed by atoms with Gasteiger partial charge in [0.05, 0.1) is 18.9 Å². The van der Waals surface area contributed by atoms with Crippen molar-refractivity contribution in [3.63, 3.8) is 0 Å². The highest BCUT2D eigenvalue weighted by Gasteiger charge is 2.32. The first-order valence-corrected chi connectivity index (χ1v) is 9.58. The molecule has 0 aliphatic heterocycles. The van der Waals surface area contributed by atoms with E-state index < -0.39 is 84.5 Å². The van der Waals surface area contributed by atoms with Crippen molar-refractivity contribution < 1.29 is 43.8 Å². The zero-order chi connectivity index (χ0) is 25.9. The lowest BCUT2D eigenvalue weighted by Gasteiger charge is -2.24. The zero-order valence-corrected chi connectivity index (χ0v) is 17.8. The topological polar surface area (TPSA) is 300 Å². The number of nitrogens with one attached hydrogen (secondary N) is 3. The Morgan fingerprint density at radius 3 is 1.45 bits per heavy atom. The van der Waals surface area contributed by atoms with Crippen molar-refractivity contribution in [2.24, 2.45) is 22.9 Å². The number of carboxylic acid groups (broad SMARTS) is 1. The van der Waals surface area contributed by atoms with Gasteiger partial charge in [-0.3, -0.25) is 28.8 Å². The van der Waals surface area contributed by atoms with Crippen LogP contribution in [0.3, 0.4) is 0 Å². The van der Waals surface area contributed by atoms with Crippen LogP contribution in [0.15, 0.2) is 0 Å². The fraction of sp³-hybridized carbons (Fsp3) is 0.588. The van der Waals surface area contributed by atoms with E-state index in [-0.39, 0.29) is 12.8 Å². The van der Waals surface area contributed by atoms with E-state index >= 15 is 0 Å². The fourth-order valence-electron chi connectivity index (χ4n) is 2.40. The van der Waals surface area contributed by atoms with Crippen LogP contribution in [0.5, 0.6) is 0 Å². The summed E-state index contributed by atoms with van der Waals surface area (Å²) in [4.78, 5) is 82.0. The summed E-state index contributed by atoms with van der Waals surface area (Å²) < 4.78 is 0. The summed E-state index contributed by atoms with van der Waals surface area (Å²) in [5.41, 5.74) is 20.6. The summed E-state index contributed by atoms with van der Waals surface area (Å²) in [6.45, 7) is 1.21. The van der Waals surface area contributed by atoms with Gasteiger partial charge in [0.25, 0.3) is 0 Å². The third-order valence-corrected chi connectivity index (χ3v) is 4.19. The molecule has 0 radical (unpaired) electrons. The van der Waals surface area contributed by atoms with E-state index in [1.807, 2.05) is 5.32 Å². The second-order valence-corrected chi connectivity index (χ2v) is 7.13. The Bertz CT molecular complexity index is 787. The molecule has 13 N–H and O–H groups in total. The Morgan fingerprint density at radius 2 is 1.12 bits per heavy atom. The molecule has 0 aromatic rings. The van der Waals surface area contributed by atoms with E-state index in [9.17, 15) is 43.8 Å². The number of aliphatic hydroxyl groups excluding tert-OH is 1. The van der Waals surface area contributed by atoms with Gasteiger partial charge in [0, 0.05) is 6.42 Å². The third-order valence-electron chi connectivity index (χ3n) is 4.19. The first-order valence-electron chi connectivity index (χ1n) is 9.58. The predicted octanol–water partition coefficient (Wildman–Crippen LogP) is -5.75. The molecule has 0 saturated carbocycles. The monoisotopic (exact) mass is 475 g/mol. The van der Waals surface area contributed by atoms with Gasteiger partial charge in [-0.05, 0) is 13.3 Å². The molecule has 0 spiro atoms. The molecule has 0 aliphatic rings.